The number of aromatic nitrogens is 1. The second kappa shape index (κ2) is 8.06. The fourth-order valence-electron chi connectivity index (χ4n) is 3.90. The van der Waals surface area contributed by atoms with Crippen molar-refractivity contribution < 1.29 is 14.4 Å². The lowest BCUT2D eigenvalue weighted by Gasteiger charge is -2.37. The van der Waals surface area contributed by atoms with Crippen molar-refractivity contribution in [2.24, 2.45) is 5.92 Å². The summed E-state index contributed by atoms with van der Waals surface area (Å²) in [7, 11) is 0. The molecule has 3 rings (SSSR count). The van der Waals surface area contributed by atoms with E-state index in [-0.39, 0.29) is 29.7 Å². The topological polar surface area (TPSA) is 82.6 Å². The summed E-state index contributed by atoms with van der Waals surface area (Å²) >= 11 is 0. The maximum atomic E-state index is 13.2. The van der Waals surface area contributed by atoms with Crippen LogP contribution in [-0.2, 0) is 20.9 Å². The van der Waals surface area contributed by atoms with E-state index in [0.717, 1.165) is 11.3 Å². The van der Waals surface area contributed by atoms with Gasteiger partial charge in [0.2, 0.25) is 17.7 Å². The zero-order valence-corrected chi connectivity index (χ0v) is 16.3. The zero-order valence-electron chi connectivity index (χ0n) is 16.3. The molecule has 27 heavy (non-hydrogen) atoms. The van der Waals surface area contributed by atoms with Crippen LogP contribution < -0.4 is 5.32 Å². The molecule has 146 valence electrons. The summed E-state index contributed by atoms with van der Waals surface area (Å²) in [5.74, 6) is -0.429. The van der Waals surface area contributed by atoms with Crippen LogP contribution in [0.1, 0.15) is 50.8 Å². The van der Waals surface area contributed by atoms with Crippen LogP contribution >= 0.6 is 0 Å². The second-order valence-corrected chi connectivity index (χ2v) is 7.76. The lowest BCUT2D eigenvalue weighted by atomic mass is 9.90. The third kappa shape index (κ3) is 4.28. The van der Waals surface area contributed by atoms with Gasteiger partial charge in [-0.15, -0.1) is 0 Å². The Labute approximate surface area is 160 Å². The minimum Gasteiger partial charge on any atom is -0.354 e. The number of carbonyl (C=O) groups is 3. The Morgan fingerprint density at radius 3 is 2.52 bits per heavy atom. The van der Waals surface area contributed by atoms with Gasteiger partial charge in [0.15, 0.2) is 0 Å². The zero-order chi connectivity index (χ0) is 19.6. The molecule has 7 nitrogen and oxygen atoms in total. The first-order chi connectivity index (χ1) is 12.9. The van der Waals surface area contributed by atoms with Crippen molar-refractivity contribution in [3.8, 4) is 0 Å². The molecule has 0 radical (unpaired) electrons. The third-order valence-corrected chi connectivity index (χ3v) is 5.37. The van der Waals surface area contributed by atoms with Gasteiger partial charge in [0.25, 0.3) is 0 Å². The van der Waals surface area contributed by atoms with Crippen LogP contribution in [0.5, 0.6) is 0 Å². The van der Waals surface area contributed by atoms with Gasteiger partial charge >= 0.3 is 0 Å². The number of piperidine rings is 1. The molecular weight excluding hydrogens is 344 g/mol. The molecule has 1 fully saturated rings. The van der Waals surface area contributed by atoms with Gasteiger partial charge < -0.3 is 15.1 Å². The van der Waals surface area contributed by atoms with Crippen LogP contribution in [0.4, 0.5) is 0 Å². The number of nitrogens with zero attached hydrogens (tertiary/aromatic N) is 3. The summed E-state index contributed by atoms with van der Waals surface area (Å²) in [5, 5.41) is 2.95. The van der Waals surface area contributed by atoms with E-state index in [1.54, 1.807) is 11.1 Å². The number of hydrogen-bond acceptors (Lipinski definition) is 4. The first kappa shape index (κ1) is 19.3. The summed E-state index contributed by atoms with van der Waals surface area (Å²) in [6, 6.07) is 3.89. The van der Waals surface area contributed by atoms with E-state index in [1.165, 1.54) is 6.92 Å². The average Bonchev–Trinajstić information content (AvgIpc) is 2.66. The van der Waals surface area contributed by atoms with Crippen LogP contribution in [0.25, 0.3) is 0 Å². The lowest BCUT2D eigenvalue weighted by molar-refractivity contribution is -0.139. The molecule has 1 aromatic rings. The van der Waals surface area contributed by atoms with Crippen molar-refractivity contribution in [3.05, 3.63) is 29.6 Å². The van der Waals surface area contributed by atoms with Gasteiger partial charge in [0, 0.05) is 51.3 Å². The summed E-state index contributed by atoms with van der Waals surface area (Å²) < 4.78 is 0. The highest BCUT2D eigenvalue weighted by Gasteiger charge is 2.37. The Kier molecular flexibility index (Phi) is 5.77. The van der Waals surface area contributed by atoms with Crippen molar-refractivity contribution in [1.82, 2.24) is 20.1 Å². The first-order valence-electron chi connectivity index (χ1n) is 9.65. The Morgan fingerprint density at radius 2 is 1.89 bits per heavy atom. The molecule has 3 amide bonds. The van der Waals surface area contributed by atoms with Crippen LogP contribution in [0.3, 0.4) is 0 Å². The molecule has 7 heteroatoms. The number of nitrogens with one attached hydrogen (secondary N) is 1. The van der Waals surface area contributed by atoms with E-state index in [2.05, 4.69) is 10.3 Å². The number of amides is 3. The fraction of sp³-hybridized carbons (Fsp3) is 0.600. The number of pyridine rings is 1. The molecule has 2 aliphatic heterocycles. The maximum Gasteiger partial charge on any atom is 0.233 e. The highest BCUT2D eigenvalue weighted by molar-refractivity contribution is 5.86. The highest BCUT2D eigenvalue weighted by atomic mass is 16.2. The molecule has 0 bridgehead atoms. The third-order valence-electron chi connectivity index (χ3n) is 5.37. The molecule has 0 saturated carbocycles. The SMILES string of the molecule is CC(=O)N1Cc2cccnc2C(C(=O)N2CCC(C(=O)NC(C)C)CC2)C1. The molecule has 0 aliphatic carbocycles. The summed E-state index contributed by atoms with van der Waals surface area (Å²) in [5.41, 5.74) is 1.71. The molecule has 1 unspecified atom stereocenters. The minimum atomic E-state index is -0.431. The largest absolute Gasteiger partial charge is 0.354 e. The standard InChI is InChI=1S/C20H28N4O3/c1-13(2)22-19(26)15-6-9-23(10-7-15)20(27)17-12-24(14(3)25)11-16-5-4-8-21-18(16)17/h4-5,8,13,15,17H,6-7,9-12H2,1-3H3,(H,22,26). The molecule has 3 heterocycles. The Balaban J connectivity index is 1.69. The lowest BCUT2D eigenvalue weighted by Crippen LogP contribution is -2.49. The summed E-state index contributed by atoms with van der Waals surface area (Å²) in [4.78, 5) is 45.2. The molecular formula is C20H28N4O3. The van der Waals surface area contributed by atoms with Gasteiger partial charge in [0.05, 0.1) is 11.6 Å². The maximum absolute atomic E-state index is 13.2. The van der Waals surface area contributed by atoms with Gasteiger partial charge in [-0.2, -0.15) is 0 Å². The van der Waals surface area contributed by atoms with E-state index >= 15 is 0 Å². The quantitative estimate of drug-likeness (QED) is 0.867. The van der Waals surface area contributed by atoms with Crippen molar-refractivity contribution in [2.45, 2.75) is 52.1 Å². The van der Waals surface area contributed by atoms with Crippen LogP contribution in [0.15, 0.2) is 18.3 Å². The first-order valence-corrected chi connectivity index (χ1v) is 9.65. The molecule has 0 spiro atoms. The van der Waals surface area contributed by atoms with Gasteiger partial charge in [-0.1, -0.05) is 6.07 Å². The van der Waals surface area contributed by atoms with Crippen molar-refractivity contribution in [2.75, 3.05) is 19.6 Å². The number of fused-ring (bicyclic) bond motifs is 1. The summed E-state index contributed by atoms with van der Waals surface area (Å²) in [6.07, 6.45) is 3.04. The van der Waals surface area contributed by atoms with E-state index in [4.69, 9.17) is 0 Å². The molecule has 0 aromatic carbocycles. The Morgan fingerprint density at radius 1 is 1.19 bits per heavy atom. The van der Waals surface area contributed by atoms with Gasteiger partial charge in [-0.05, 0) is 38.3 Å². The smallest absolute Gasteiger partial charge is 0.233 e. The molecule has 1 saturated heterocycles. The molecule has 1 aromatic heterocycles. The number of hydrogen-bond donors (Lipinski definition) is 1. The number of carbonyl (C=O) groups excluding carboxylic acids is 3. The van der Waals surface area contributed by atoms with E-state index < -0.39 is 5.92 Å². The summed E-state index contributed by atoms with van der Waals surface area (Å²) in [6.45, 7) is 7.42. The molecule has 1 N–H and O–H groups in total. The highest BCUT2D eigenvalue weighted by Crippen LogP contribution is 2.30. The van der Waals surface area contributed by atoms with Gasteiger partial charge in [-0.25, -0.2) is 0 Å². The minimum absolute atomic E-state index is 0.00335. The van der Waals surface area contributed by atoms with Crippen LogP contribution in [0, 0.1) is 5.92 Å². The Hall–Kier alpha value is -2.44. The van der Waals surface area contributed by atoms with Crippen molar-refractivity contribution in [3.63, 3.8) is 0 Å². The van der Waals surface area contributed by atoms with Crippen LogP contribution in [-0.4, -0.2) is 58.2 Å². The van der Waals surface area contributed by atoms with Crippen LogP contribution in [0.2, 0.25) is 0 Å². The predicted octanol–water partition coefficient (Wildman–Crippen LogP) is 1.29. The normalized spacial score (nSPS) is 20.4. The average molecular weight is 372 g/mol. The second-order valence-electron chi connectivity index (χ2n) is 7.76. The predicted molar refractivity (Wildman–Crippen MR) is 101 cm³/mol. The van der Waals surface area contributed by atoms with Crippen molar-refractivity contribution in [1.29, 1.82) is 0 Å². The molecule has 1 atom stereocenters. The monoisotopic (exact) mass is 372 g/mol. The number of likely N-dealkylation sites (tertiary alicyclic amines) is 1. The van der Waals surface area contributed by atoms with E-state index in [0.29, 0.717) is 39.0 Å². The van der Waals surface area contributed by atoms with Gasteiger partial charge in [0.1, 0.15) is 0 Å². The van der Waals surface area contributed by atoms with E-state index in [9.17, 15) is 14.4 Å². The van der Waals surface area contributed by atoms with Crippen molar-refractivity contribution >= 4 is 17.7 Å². The number of rotatable bonds is 3. The Bertz CT molecular complexity index is 726. The fourth-order valence-corrected chi connectivity index (χ4v) is 3.90. The van der Waals surface area contributed by atoms with E-state index in [1.807, 2.05) is 30.9 Å². The molecule has 2 aliphatic rings. The van der Waals surface area contributed by atoms with Gasteiger partial charge in [-0.3, -0.25) is 19.4 Å².